The average molecular weight is 414 g/mol. The minimum Gasteiger partial charge on any atom is -0.310 e. The summed E-state index contributed by atoms with van der Waals surface area (Å²) < 4.78 is 1.27. The first-order valence-corrected chi connectivity index (χ1v) is 8.79. The Hall–Kier alpha value is -0.580. The molecule has 0 radical (unpaired) electrons. The molecule has 2 aromatic rings. The van der Waals surface area contributed by atoms with Crippen LogP contribution in [0, 0.1) is 10.5 Å². The molecule has 0 aliphatic heterocycles. The van der Waals surface area contributed by atoms with E-state index in [1.165, 1.54) is 20.3 Å². The molecule has 21 heavy (non-hydrogen) atoms. The Bertz CT molecular complexity index is 580. The summed E-state index contributed by atoms with van der Waals surface area (Å²) in [6, 6.07) is 15.3. The van der Waals surface area contributed by atoms with Crippen LogP contribution in [0.25, 0.3) is 0 Å². The first-order valence-electron chi connectivity index (χ1n) is 7.34. The molecule has 1 atom stereocenters. The molecule has 0 aliphatic carbocycles. The SMILES string of the molecule is CCCNC(Cc1ccc(I)cc1)c1ccc(C)cc1Cl. The molecule has 2 rings (SSSR count). The fraction of sp³-hybridized carbons (Fsp3) is 0.333. The lowest BCUT2D eigenvalue weighted by atomic mass is 9.98. The van der Waals surface area contributed by atoms with Gasteiger partial charge < -0.3 is 5.32 Å². The third kappa shape index (κ3) is 4.97. The minimum atomic E-state index is 0.262. The first kappa shape index (κ1) is 16.8. The summed E-state index contributed by atoms with van der Waals surface area (Å²) in [5.41, 5.74) is 3.72. The minimum absolute atomic E-state index is 0.262. The van der Waals surface area contributed by atoms with E-state index in [1.807, 2.05) is 6.07 Å². The third-order valence-electron chi connectivity index (χ3n) is 3.53. The van der Waals surface area contributed by atoms with Crippen LogP contribution in [-0.2, 0) is 6.42 Å². The number of halogens is 2. The van der Waals surface area contributed by atoms with Crippen molar-refractivity contribution in [3.8, 4) is 0 Å². The van der Waals surface area contributed by atoms with Crippen LogP contribution in [0.15, 0.2) is 42.5 Å². The lowest BCUT2D eigenvalue weighted by Crippen LogP contribution is -2.24. The average Bonchev–Trinajstić information content (AvgIpc) is 2.46. The van der Waals surface area contributed by atoms with Crippen LogP contribution in [0.1, 0.15) is 36.1 Å². The van der Waals surface area contributed by atoms with Gasteiger partial charge >= 0.3 is 0 Å². The molecule has 0 heterocycles. The van der Waals surface area contributed by atoms with Crippen molar-refractivity contribution < 1.29 is 0 Å². The molecule has 1 nitrogen and oxygen atoms in total. The second-order valence-electron chi connectivity index (χ2n) is 5.36. The van der Waals surface area contributed by atoms with E-state index in [9.17, 15) is 0 Å². The highest BCUT2D eigenvalue weighted by Crippen LogP contribution is 2.27. The smallest absolute Gasteiger partial charge is 0.0456 e. The number of hydrogen-bond donors (Lipinski definition) is 1. The summed E-state index contributed by atoms with van der Waals surface area (Å²) in [5, 5.41) is 4.48. The Labute approximate surface area is 146 Å². The van der Waals surface area contributed by atoms with E-state index in [4.69, 9.17) is 11.6 Å². The highest BCUT2D eigenvalue weighted by Gasteiger charge is 2.14. The van der Waals surface area contributed by atoms with Gasteiger partial charge in [0.05, 0.1) is 0 Å². The molecule has 1 unspecified atom stereocenters. The lowest BCUT2D eigenvalue weighted by Gasteiger charge is -2.21. The van der Waals surface area contributed by atoms with Crippen molar-refractivity contribution in [3.63, 3.8) is 0 Å². The molecule has 0 saturated carbocycles. The molecule has 0 aliphatic rings. The van der Waals surface area contributed by atoms with Crippen LogP contribution in [0.4, 0.5) is 0 Å². The van der Waals surface area contributed by atoms with Crippen LogP contribution in [0.3, 0.4) is 0 Å². The summed E-state index contributed by atoms with van der Waals surface area (Å²) in [5.74, 6) is 0. The molecule has 0 aromatic heterocycles. The van der Waals surface area contributed by atoms with Gasteiger partial charge in [0.25, 0.3) is 0 Å². The number of nitrogens with one attached hydrogen (secondary N) is 1. The summed E-state index contributed by atoms with van der Waals surface area (Å²) in [4.78, 5) is 0. The normalized spacial score (nSPS) is 12.4. The molecule has 112 valence electrons. The molecule has 3 heteroatoms. The molecule has 0 saturated heterocycles. The van der Waals surface area contributed by atoms with Crippen molar-refractivity contribution in [3.05, 3.63) is 67.7 Å². The van der Waals surface area contributed by atoms with Crippen LogP contribution in [0.5, 0.6) is 0 Å². The third-order valence-corrected chi connectivity index (χ3v) is 4.57. The van der Waals surface area contributed by atoms with Gasteiger partial charge in [0.2, 0.25) is 0 Å². The molecule has 2 aromatic carbocycles. The Kier molecular flexibility index (Phi) is 6.52. The predicted molar refractivity (Wildman–Crippen MR) is 100 cm³/mol. The highest BCUT2D eigenvalue weighted by molar-refractivity contribution is 14.1. The zero-order chi connectivity index (χ0) is 15.2. The quantitative estimate of drug-likeness (QED) is 0.613. The fourth-order valence-electron chi connectivity index (χ4n) is 2.38. The van der Waals surface area contributed by atoms with Crippen molar-refractivity contribution in [1.82, 2.24) is 5.32 Å². The van der Waals surface area contributed by atoms with E-state index in [-0.39, 0.29) is 6.04 Å². The number of hydrogen-bond acceptors (Lipinski definition) is 1. The maximum Gasteiger partial charge on any atom is 0.0456 e. The molecule has 1 N–H and O–H groups in total. The summed E-state index contributed by atoms with van der Waals surface area (Å²) in [6.07, 6.45) is 2.08. The van der Waals surface area contributed by atoms with Gasteiger partial charge in [-0.2, -0.15) is 0 Å². The molecular weight excluding hydrogens is 393 g/mol. The van der Waals surface area contributed by atoms with E-state index in [0.717, 1.165) is 24.4 Å². The molecule has 0 fully saturated rings. The van der Waals surface area contributed by atoms with Crippen molar-refractivity contribution in [2.45, 2.75) is 32.7 Å². The van der Waals surface area contributed by atoms with Crippen LogP contribution in [-0.4, -0.2) is 6.54 Å². The van der Waals surface area contributed by atoms with E-state index in [0.29, 0.717) is 0 Å². The summed E-state index contributed by atoms with van der Waals surface area (Å²) in [6.45, 7) is 5.26. The number of aryl methyl sites for hydroxylation is 1. The standard InChI is InChI=1S/C18H21ClIN/c1-3-10-21-18(12-14-5-7-15(20)8-6-14)16-9-4-13(2)11-17(16)19/h4-9,11,18,21H,3,10,12H2,1-2H3. The van der Waals surface area contributed by atoms with Crippen molar-refractivity contribution >= 4 is 34.2 Å². The Morgan fingerprint density at radius 3 is 2.48 bits per heavy atom. The zero-order valence-electron chi connectivity index (χ0n) is 12.5. The van der Waals surface area contributed by atoms with Gasteiger partial charge in [-0.15, -0.1) is 0 Å². The van der Waals surface area contributed by atoms with Gasteiger partial charge in [0, 0.05) is 14.6 Å². The molecular formula is C18H21ClIN. The number of benzene rings is 2. The summed E-state index contributed by atoms with van der Waals surface area (Å²) in [7, 11) is 0. The van der Waals surface area contributed by atoms with Gasteiger partial charge in [0.15, 0.2) is 0 Å². The van der Waals surface area contributed by atoms with Crippen LogP contribution in [0.2, 0.25) is 5.02 Å². The highest BCUT2D eigenvalue weighted by atomic mass is 127. The second kappa shape index (κ2) is 8.16. The van der Waals surface area contributed by atoms with Gasteiger partial charge in [-0.1, -0.05) is 42.8 Å². The van der Waals surface area contributed by atoms with E-state index in [1.54, 1.807) is 0 Å². The topological polar surface area (TPSA) is 12.0 Å². The lowest BCUT2D eigenvalue weighted by molar-refractivity contribution is 0.529. The zero-order valence-corrected chi connectivity index (χ0v) is 15.4. The van der Waals surface area contributed by atoms with Gasteiger partial charge in [-0.05, 0) is 83.8 Å². The van der Waals surface area contributed by atoms with Gasteiger partial charge in [-0.25, -0.2) is 0 Å². The second-order valence-corrected chi connectivity index (χ2v) is 7.02. The van der Waals surface area contributed by atoms with Crippen molar-refractivity contribution in [1.29, 1.82) is 0 Å². The Morgan fingerprint density at radius 2 is 1.86 bits per heavy atom. The number of rotatable bonds is 6. The monoisotopic (exact) mass is 413 g/mol. The molecule has 0 spiro atoms. The Morgan fingerprint density at radius 1 is 1.14 bits per heavy atom. The predicted octanol–water partition coefficient (Wildman–Crippen LogP) is 5.54. The van der Waals surface area contributed by atoms with E-state index in [2.05, 4.69) is 78.2 Å². The van der Waals surface area contributed by atoms with Crippen LogP contribution < -0.4 is 5.32 Å². The largest absolute Gasteiger partial charge is 0.310 e. The molecule has 0 bridgehead atoms. The van der Waals surface area contributed by atoms with Crippen molar-refractivity contribution in [2.24, 2.45) is 0 Å². The fourth-order valence-corrected chi connectivity index (χ4v) is 3.11. The van der Waals surface area contributed by atoms with E-state index >= 15 is 0 Å². The molecule has 0 amide bonds. The van der Waals surface area contributed by atoms with Gasteiger partial charge in [0.1, 0.15) is 0 Å². The van der Waals surface area contributed by atoms with Gasteiger partial charge in [-0.3, -0.25) is 0 Å². The maximum atomic E-state index is 6.45. The van der Waals surface area contributed by atoms with Crippen LogP contribution >= 0.6 is 34.2 Å². The maximum absolute atomic E-state index is 6.45. The summed E-state index contributed by atoms with van der Waals surface area (Å²) >= 11 is 8.79. The first-order chi connectivity index (χ1) is 10.1. The Balaban J connectivity index is 2.22. The van der Waals surface area contributed by atoms with Crippen molar-refractivity contribution in [2.75, 3.05) is 6.54 Å². The van der Waals surface area contributed by atoms with E-state index < -0.39 is 0 Å².